The smallest absolute Gasteiger partial charge is 0.664 e. The molecule has 5 heterocycles. The summed E-state index contributed by atoms with van der Waals surface area (Å²) in [6.45, 7) is 21.5. The molecule has 0 aromatic carbocycles. The molecule has 65 heavy (non-hydrogen) atoms. The molecule has 6 rings (SSSR count). The number of aliphatic hydroxyl groups is 1. The van der Waals surface area contributed by atoms with E-state index in [4.69, 9.17) is 29.7 Å². The van der Waals surface area contributed by atoms with E-state index in [1.807, 2.05) is 52.0 Å². The summed E-state index contributed by atoms with van der Waals surface area (Å²) in [5.74, 6) is -0.860. The zero-order valence-corrected chi connectivity index (χ0v) is 42.6. The van der Waals surface area contributed by atoms with Gasteiger partial charge in [-0.3, -0.25) is 14.4 Å². The molecule has 1 saturated heterocycles. The maximum atomic E-state index is 14.3. The number of Topliss-reactive ketones (excluding diaryl/α,β-unsaturated/α-hetero) is 1. The maximum absolute atomic E-state index is 14.3. The van der Waals surface area contributed by atoms with E-state index in [9.17, 15) is 19.5 Å². The fraction of sp³-hybridized carbons (Fsp3) is 0.574. The SMILES string of the molecule is CCc1c(C)/c2[n-]/c1=C\c1[n-]c3c(c1C)C(=O)[C@H](C(=O)OC)/C3=C1/[N-]/C(=C\c3[n-]c(c(CO)c3C)\C=2)[C@@H](C)[C@@H]1CCC(=O)OC/C=C(\C)CCC[C@H](C)CCC[C@H](C)CCCC(C)C.[Mg+2]. The molecule has 1 aliphatic carbocycles. The second-order valence-corrected chi connectivity index (χ2v) is 19.4. The molecule has 2 aliphatic heterocycles. The van der Waals surface area contributed by atoms with Crippen molar-refractivity contribution in [1.29, 1.82) is 0 Å². The van der Waals surface area contributed by atoms with Crippen molar-refractivity contribution >= 4 is 64.6 Å². The van der Waals surface area contributed by atoms with E-state index in [0.717, 1.165) is 58.5 Å². The first kappa shape index (κ1) is 51.9. The number of hydrogen-bond acceptors (Lipinski definition) is 6. The molecule has 0 radical (unpaired) electrons. The summed E-state index contributed by atoms with van der Waals surface area (Å²) in [4.78, 5) is 56.4. The van der Waals surface area contributed by atoms with Crippen molar-refractivity contribution in [3.8, 4) is 0 Å². The summed E-state index contributed by atoms with van der Waals surface area (Å²) in [5.41, 5.74) is 9.87. The van der Waals surface area contributed by atoms with Gasteiger partial charge in [-0.1, -0.05) is 138 Å². The number of nitrogens with zero attached hydrogens (tertiary/aromatic N) is 4. The fourth-order valence-electron chi connectivity index (χ4n) is 10.1. The number of carbonyl (C=O) groups excluding carboxylic acids is 3. The third-order valence-electron chi connectivity index (χ3n) is 14.3. The second-order valence-electron chi connectivity index (χ2n) is 19.4. The quantitative estimate of drug-likeness (QED) is 0.0508. The number of aliphatic hydroxyl groups excluding tert-OH is 1. The maximum Gasteiger partial charge on any atom is 2.00 e. The molecule has 1 fully saturated rings. The number of fused-ring (bicyclic) bond motifs is 7. The van der Waals surface area contributed by atoms with Crippen LogP contribution < -0.4 is 25.7 Å². The van der Waals surface area contributed by atoms with Crippen LogP contribution >= 0.6 is 0 Å². The minimum absolute atomic E-state index is 0. The summed E-state index contributed by atoms with van der Waals surface area (Å²) in [7, 11) is 1.28. The normalized spacial score (nSPS) is 21.7. The molecule has 0 spiro atoms. The Morgan fingerprint density at radius 1 is 0.815 bits per heavy atom. The molecule has 0 amide bonds. The average Bonchev–Trinajstić information content (AvgIpc) is 3.99. The Bertz CT molecular complexity index is 2420. The van der Waals surface area contributed by atoms with Gasteiger partial charge in [-0.2, -0.15) is 11.4 Å². The molecule has 8 bridgehead atoms. The number of esters is 2. The zero-order chi connectivity index (χ0) is 46.4. The van der Waals surface area contributed by atoms with E-state index in [0.29, 0.717) is 68.8 Å². The largest absolute Gasteiger partial charge is 2.00 e. The molecule has 3 aromatic heterocycles. The molecule has 5 atom stereocenters. The number of allylic oxidation sites excluding steroid dienone is 3. The van der Waals surface area contributed by atoms with E-state index < -0.39 is 11.9 Å². The van der Waals surface area contributed by atoms with E-state index in [1.54, 1.807) is 0 Å². The molecule has 1 N–H and O–H groups in total. The first-order chi connectivity index (χ1) is 30.6. The molecular weight excluding hydrogens is 825 g/mol. The summed E-state index contributed by atoms with van der Waals surface area (Å²) in [5, 5.41) is 17.2. The van der Waals surface area contributed by atoms with Crippen molar-refractivity contribution in [2.45, 2.75) is 153 Å². The number of rotatable bonds is 20. The van der Waals surface area contributed by atoms with Gasteiger partial charge >= 0.3 is 35.0 Å². The van der Waals surface area contributed by atoms with Crippen LogP contribution in [0, 0.1) is 56.3 Å². The van der Waals surface area contributed by atoms with Crippen LogP contribution in [0.2, 0.25) is 0 Å². The predicted octanol–water partition coefficient (Wildman–Crippen LogP) is 9.21. The van der Waals surface area contributed by atoms with E-state index in [1.165, 1.54) is 57.6 Å². The van der Waals surface area contributed by atoms with Crippen molar-refractivity contribution < 1.29 is 29.0 Å². The molecule has 10 nitrogen and oxygen atoms in total. The van der Waals surface area contributed by atoms with Crippen LogP contribution in [-0.4, -0.2) is 59.6 Å². The summed E-state index contributed by atoms with van der Waals surface area (Å²) >= 11 is 0. The number of ketones is 1. The second kappa shape index (κ2) is 23.1. The van der Waals surface area contributed by atoms with Gasteiger partial charge in [-0.15, -0.1) is 33.5 Å². The van der Waals surface area contributed by atoms with Crippen LogP contribution in [-0.2, 0) is 32.1 Å². The zero-order valence-electron chi connectivity index (χ0n) is 41.2. The van der Waals surface area contributed by atoms with Crippen LogP contribution in [0.25, 0.3) is 29.1 Å². The predicted molar refractivity (Wildman–Crippen MR) is 260 cm³/mol. The number of ether oxygens (including phenoxy) is 2. The molecule has 0 unspecified atom stereocenters. The van der Waals surface area contributed by atoms with Gasteiger partial charge < -0.3 is 34.8 Å². The van der Waals surface area contributed by atoms with Gasteiger partial charge in [0.2, 0.25) is 0 Å². The average molecular weight is 897 g/mol. The Balaban J connectivity index is 0.00000793. The Hall–Kier alpha value is -4.06. The Morgan fingerprint density at radius 2 is 1.46 bits per heavy atom. The Morgan fingerprint density at radius 3 is 2.11 bits per heavy atom. The topological polar surface area (TPSA) is 146 Å². The van der Waals surface area contributed by atoms with E-state index in [-0.39, 0.29) is 66.3 Å². The molecule has 11 heteroatoms. The van der Waals surface area contributed by atoms with Crippen LogP contribution in [0.3, 0.4) is 0 Å². The molecule has 0 saturated carbocycles. The van der Waals surface area contributed by atoms with Crippen molar-refractivity contribution in [2.75, 3.05) is 13.7 Å². The number of aromatic nitrogens is 3. The molecule has 3 aliphatic rings. The standard InChI is InChI=1S/C54H73N4O6.Mg/c1-12-38-34(7)42-27-46-40(29-59)36(9)41(56-46)26-43-35(8)39(51(57-43)49-50(54(62)63-11)53(61)48-37(10)44(58-52(48)49)28-45(38)55-42)22-23-47(60)64-25-24-33(6)21-15-20-32(5)19-14-18-31(4)17-13-16-30(2)3;/h24,26-28,30-32,35,39,50,59H,12-23,25,29H2,1-11H3,(H-,57,58,61);/q-3;+2/p-1/b33-24+,42-27-,43-26-,45-28-;/t31-,32-,35+,39+,50-;/m1./s1. The van der Waals surface area contributed by atoms with Crippen molar-refractivity contribution in [1.82, 2.24) is 15.0 Å². The fourth-order valence-corrected chi connectivity index (χ4v) is 10.1. The van der Waals surface area contributed by atoms with Crippen LogP contribution in [0.1, 0.15) is 180 Å². The van der Waals surface area contributed by atoms with Gasteiger partial charge in [0.25, 0.3) is 0 Å². The molecular formula is C54H72MgN4O6-2. The van der Waals surface area contributed by atoms with Crippen LogP contribution in [0.15, 0.2) is 23.0 Å². The van der Waals surface area contributed by atoms with Crippen LogP contribution in [0.4, 0.5) is 0 Å². The number of hydrogen-bond donors (Lipinski definition) is 1. The minimum Gasteiger partial charge on any atom is -0.664 e. The molecule has 348 valence electrons. The minimum atomic E-state index is -1.24. The number of methoxy groups -OCH3 is 1. The Labute approximate surface area is 403 Å². The monoisotopic (exact) mass is 897 g/mol. The third kappa shape index (κ3) is 11.7. The van der Waals surface area contributed by atoms with Gasteiger partial charge in [0.05, 0.1) is 13.7 Å². The third-order valence-corrected chi connectivity index (χ3v) is 14.3. The van der Waals surface area contributed by atoms with Gasteiger partial charge in [0.15, 0.2) is 5.78 Å². The van der Waals surface area contributed by atoms with Crippen molar-refractivity contribution in [3.05, 3.63) is 95.2 Å². The summed E-state index contributed by atoms with van der Waals surface area (Å²) in [6, 6.07) is 0. The van der Waals surface area contributed by atoms with E-state index >= 15 is 0 Å². The van der Waals surface area contributed by atoms with Crippen LogP contribution in [0.5, 0.6) is 0 Å². The van der Waals surface area contributed by atoms with E-state index in [2.05, 4.69) is 41.5 Å². The van der Waals surface area contributed by atoms with Gasteiger partial charge in [0.1, 0.15) is 12.5 Å². The van der Waals surface area contributed by atoms with Gasteiger partial charge in [-0.05, 0) is 94.6 Å². The Kier molecular flexibility index (Phi) is 18.4. The first-order valence-electron chi connectivity index (χ1n) is 24.0. The number of carbonyl (C=O) groups is 3. The molecule has 3 aromatic rings. The van der Waals surface area contributed by atoms with Gasteiger partial charge in [0, 0.05) is 12.0 Å². The van der Waals surface area contributed by atoms with Crippen molar-refractivity contribution in [3.63, 3.8) is 0 Å². The van der Waals surface area contributed by atoms with Crippen molar-refractivity contribution in [2.24, 2.45) is 35.5 Å². The summed E-state index contributed by atoms with van der Waals surface area (Å²) < 4.78 is 11.0. The first-order valence-corrected chi connectivity index (χ1v) is 24.0. The van der Waals surface area contributed by atoms with Gasteiger partial charge in [-0.25, -0.2) is 0 Å². The summed E-state index contributed by atoms with van der Waals surface area (Å²) in [6.07, 6.45) is 20.2.